The van der Waals surface area contributed by atoms with Gasteiger partial charge in [-0.05, 0) is 29.8 Å². The lowest BCUT2D eigenvalue weighted by atomic mass is 10.0. The first-order valence-corrected chi connectivity index (χ1v) is 13.2. The SMILES string of the molecule is O=C(CCN1C(=O)/C(=C\c2ccccc2)SC1=S)Oc1ccc2oc(=O)sc2c1-c1ccccc1Cl. The minimum Gasteiger partial charge on any atom is -0.426 e. The number of amides is 1. The maximum Gasteiger partial charge on any atom is 0.396 e. The molecule has 1 amide bonds. The monoisotopic (exact) mass is 553 g/mol. The van der Waals surface area contributed by atoms with Crippen LogP contribution in [0.4, 0.5) is 0 Å². The van der Waals surface area contributed by atoms with E-state index in [2.05, 4.69) is 0 Å². The van der Waals surface area contributed by atoms with Gasteiger partial charge in [-0.25, -0.2) is 4.79 Å². The molecule has 0 saturated carbocycles. The van der Waals surface area contributed by atoms with Gasteiger partial charge in [0, 0.05) is 22.7 Å². The first-order valence-electron chi connectivity index (χ1n) is 10.7. The largest absolute Gasteiger partial charge is 0.426 e. The van der Waals surface area contributed by atoms with Crippen LogP contribution in [0.1, 0.15) is 12.0 Å². The summed E-state index contributed by atoms with van der Waals surface area (Å²) in [5.74, 6) is -0.561. The number of esters is 1. The summed E-state index contributed by atoms with van der Waals surface area (Å²) in [4.78, 5) is 39.0. The van der Waals surface area contributed by atoms with E-state index in [-0.39, 0.29) is 24.6 Å². The summed E-state index contributed by atoms with van der Waals surface area (Å²) < 4.78 is 11.8. The van der Waals surface area contributed by atoms with Crippen molar-refractivity contribution in [1.82, 2.24) is 4.90 Å². The maximum absolute atomic E-state index is 12.9. The molecule has 0 atom stereocenters. The van der Waals surface area contributed by atoms with E-state index in [4.69, 9.17) is 33.0 Å². The van der Waals surface area contributed by atoms with Crippen molar-refractivity contribution in [3.8, 4) is 16.9 Å². The van der Waals surface area contributed by atoms with Crippen LogP contribution in [0.3, 0.4) is 0 Å². The molecule has 3 aromatic carbocycles. The van der Waals surface area contributed by atoms with E-state index in [1.54, 1.807) is 42.5 Å². The fourth-order valence-electron chi connectivity index (χ4n) is 3.70. The topological polar surface area (TPSA) is 76.8 Å². The highest BCUT2D eigenvalue weighted by molar-refractivity contribution is 8.26. The predicted molar refractivity (Wildman–Crippen MR) is 147 cm³/mol. The average molecular weight is 554 g/mol. The number of fused-ring (bicyclic) bond motifs is 1. The molecular formula is C26H16ClNO5S3. The summed E-state index contributed by atoms with van der Waals surface area (Å²) in [5.41, 5.74) is 2.37. The van der Waals surface area contributed by atoms with E-state index < -0.39 is 10.9 Å². The van der Waals surface area contributed by atoms with Gasteiger partial charge < -0.3 is 9.15 Å². The van der Waals surface area contributed by atoms with Crippen molar-refractivity contribution >= 4 is 79.5 Å². The van der Waals surface area contributed by atoms with E-state index in [1.807, 2.05) is 30.3 Å². The third kappa shape index (κ3) is 5.01. The van der Waals surface area contributed by atoms with E-state index in [0.717, 1.165) is 16.9 Å². The molecule has 180 valence electrons. The Morgan fingerprint density at radius 3 is 2.58 bits per heavy atom. The number of halogens is 1. The third-order valence-corrected chi connectivity index (χ3v) is 7.91. The van der Waals surface area contributed by atoms with Crippen molar-refractivity contribution in [3.05, 3.63) is 92.0 Å². The van der Waals surface area contributed by atoms with Gasteiger partial charge in [0.25, 0.3) is 5.91 Å². The lowest BCUT2D eigenvalue weighted by Crippen LogP contribution is -2.31. The molecule has 2 heterocycles. The van der Waals surface area contributed by atoms with Gasteiger partial charge in [-0.2, -0.15) is 0 Å². The van der Waals surface area contributed by atoms with Crippen molar-refractivity contribution in [2.75, 3.05) is 6.54 Å². The van der Waals surface area contributed by atoms with Gasteiger partial charge in [-0.3, -0.25) is 14.5 Å². The molecule has 0 aliphatic carbocycles. The fraction of sp³-hybridized carbons (Fsp3) is 0.0769. The number of rotatable bonds is 6. The minimum absolute atomic E-state index is 0.0767. The number of hydrogen-bond donors (Lipinski definition) is 0. The molecule has 1 fully saturated rings. The summed E-state index contributed by atoms with van der Waals surface area (Å²) in [6, 6.07) is 19.7. The van der Waals surface area contributed by atoms with Crippen LogP contribution in [0, 0.1) is 0 Å². The normalized spacial score (nSPS) is 14.7. The summed E-state index contributed by atoms with van der Waals surface area (Å²) in [6.45, 7) is 0.0817. The van der Waals surface area contributed by atoms with Crippen LogP contribution in [0.15, 0.2) is 80.8 Å². The molecular weight excluding hydrogens is 538 g/mol. The Bertz CT molecular complexity index is 1590. The molecule has 4 aromatic rings. The number of thioether (sulfide) groups is 1. The Hall–Kier alpha value is -3.24. The van der Waals surface area contributed by atoms with Crippen LogP contribution in [-0.2, 0) is 9.59 Å². The zero-order chi connectivity index (χ0) is 25.2. The van der Waals surface area contributed by atoms with E-state index in [0.29, 0.717) is 35.7 Å². The van der Waals surface area contributed by atoms with Crippen molar-refractivity contribution in [1.29, 1.82) is 0 Å². The van der Waals surface area contributed by atoms with E-state index in [9.17, 15) is 14.4 Å². The third-order valence-electron chi connectivity index (χ3n) is 5.34. The number of benzene rings is 3. The van der Waals surface area contributed by atoms with Crippen LogP contribution >= 0.6 is 46.9 Å². The van der Waals surface area contributed by atoms with Crippen LogP contribution < -0.4 is 9.68 Å². The number of carbonyl (C=O) groups is 2. The summed E-state index contributed by atoms with van der Waals surface area (Å²) in [5, 5.41) is 0.436. The molecule has 0 bridgehead atoms. The van der Waals surface area contributed by atoms with Crippen molar-refractivity contribution in [2.24, 2.45) is 0 Å². The molecule has 36 heavy (non-hydrogen) atoms. The van der Waals surface area contributed by atoms with Crippen molar-refractivity contribution < 1.29 is 18.7 Å². The lowest BCUT2D eigenvalue weighted by molar-refractivity contribution is -0.134. The van der Waals surface area contributed by atoms with Crippen molar-refractivity contribution in [2.45, 2.75) is 6.42 Å². The highest BCUT2D eigenvalue weighted by Crippen LogP contribution is 2.42. The lowest BCUT2D eigenvalue weighted by Gasteiger charge is -2.15. The van der Waals surface area contributed by atoms with Crippen molar-refractivity contribution in [3.63, 3.8) is 0 Å². The molecule has 1 aliphatic rings. The minimum atomic E-state index is -0.556. The number of thiocarbonyl (C=S) groups is 1. The maximum atomic E-state index is 12.9. The molecule has 1 saturated heterocycles. The van der Waals surface area contributed by atoms with Gasteiger partial charge in [-0.15, -0.1) is 0 Å². The zero-order valence-corrected chi connectivity index (χ0v) is 21.6. The molecule has 5 rings (SSSR count). The average Bonchev–Trinajstić information content (AvgIpc) is 3.37. The zero-order valence-electron chi connectivity index (χ0n) is 18.4. The molecule has 1 aromatic heterocycles. The molecule has 1 aliphatic heterocycles. The van der Waals surface area contributed by atoms with Gasteiger partial charge in [0.05, 0.1) is 16.0 Å². The van der Waals surface area contributed by atoms with E-state index >= 15 is 0 Å². The van der Waals surface area contributed by atoms with Crippen LogP contribution in [0.2, 0.25) is 5.02 Å². The number of carbonyl (C=O) groups excluding carboxylic acids is 2. The second kappa shape index (κ2) is 10.4. The first-order chi connectivity index (χ1) is 17.4. The molecule has 0 N–H and O–H groups in total. The number of hydrogen-bond acceptors (Lipinski definition) is 8. The molecule has 0 radical (unpaired) electrons. The van der Waals surface area contributed by atoms with Crippen LogP contribution in [-0.4, -0.2) is 27.6 Å². The first kappa shape index (κ1) is 24.5. The van der Waals surface area contributed by atoms with Crippen LogP contribution in [0.5, 0.6) is 5.75 Å². The second-order valence-corrected chi connectivity index (χ2v) is 10.7. The quantitative estimate of drug-likeness (QED) is 0.119. The molecule has 0 unspecified atom stereocenters. The standard InChI is InChI=1S/C26H16ClNO5S3/c27-17-9-5-4-8-16(17)22-18(10-11-19-23(22)36-26(31)33-19)32-21(29)12-13-28-24(30)20(35-25(28)34)14-15-6-2-1-3-7-15/h1-11,14H,12-13H2/b20-14+. The van der Waals surface area contributed by atoms with Crippen LogP contribution in [0.25, 0.3) is 27.5 Å². The Labute approximate surface area is 224 Å². The van der Waals surface area contributed by atoms with Gasteiger partial charge in [-0.1, -0.05) is 95.4 Å². The Morgan fingerprint density at radius 2 is 1.81 bits per heavy atom. The summed E-state index contributed by atoms with van der Waals surface area (Å²) in [6.07, 6.45) is 1.70. The molecule has 10 heteroatoms. The summed E-state index contributed by atoms with van der Waals surface area (Å²) >= 11 is 13.9. The van der Waals surface area contributed by atoms with E-state index in [1.165, 1.54) is 16.7 Å². The highest BCUT2D eigenvalue weighted by Gasteiger charge is 2.32. The summed E-state index contributed by atoms with van der Waals surface area (Å²) in [7, 11) is 0. The Morgan fingerprint density at radius 1 is 1.06 bits per heavy atom. The Kier molecular flexibility index (Phi) is 7.06. The van der Waals surface area contributed by atoms with Gasteiger partial charge >= 0.3 is 10.9 Å². The Balaban J connectivity index is 1.35. The van der Waals surface area contributed by atoms with Gasteiger partial charge in [0.15, 0.2) is 0 Å². The smallest absolute Gasteiger partial charge is 0.396 e. The van der Waals surface area contributed by atoms with Gasteiger partial charge in [0.1, 0.15) is 15.7 Å². The second-order valence-electron chi connectivity index (χ2n) is 7.67. The van der Waals surface area contributed by atoms with Gasteiger partial charge in [0.2, 0.25) is 0 Å². The predicted octanol–water partition coefficient (Wildman–Crippen LogP) is 6.37. The number of ether oxygens (including phenoxy) is 1. The molecule has 6 nitrogen and oxygen atoms in total. The highest BCUT2D eigenvalue weighted by atomic mass is 35.5. The molecule has 0 spiro atoms. The number of nitrogens with zero attached hydrogens (tertiary/aromatic N) is 1. The fourth-order valence-corrected chi connectivity index (χ4v) is 6.06.